The van der Waals surface area contributed by atoms with Crippen LogP contribution in [-0.4, -0.2) is 33.0 Å². The van der Waals surface area contributed by atoms with Crippen molar-refractivity contribution in [1.29, 1.82) is 0 Å². The summed E-state index contributed by atoms with van der Waals surface area (Å²) in [5.41, 5.74) is 1.99. The highest BCUT2D eigenvalue weighted by atomic mass is 19.3. The standard InChI is InChI=1S/C19H21F2N5/c1-12-9-14(7-8-22-12)24-17-4-2-3-15(25-17)16-10-23-18-6-5-13(19(20)21)11-26(16)18/h2-6,10-12,14,19,22H,7-9H2,1H3,(H,24,25)/t12-,14-/m1/s1. The Morgan fingerprint density at radius 2 is 2.15 bits per heavy atom. The zero-order valence-corrected chi connectivity index (χ0v) is 14.5. The molecular formula is C19H21F2N5. The molecule has 0 aromatic carbocycles. The second kappa shape index (κ2) is 6.99. The summed E-state index contributed by atoms with van der Waals surface area (Å²) < 4.78 is 27.7. The van der Waals surface area contributed by atoms with Crippen molar-refractivity contribution in [2.24, 2.45) is 0 Å². The molecule has 26 heavy (non-hydrogen) atoms. The van der Waals surface area contributed by atoms with E-state index in [-0.39, 0.29) is 5.56 Å². The number of anilines is 1. The molecule has 0 bridgehead atoms. The number of imidazole rings is 1. The molecule has 3 aromatic heterocycles. The molecule has 7 heteroatoms. The zero-order valence-electron chi connectivity index (χ0n) is 14.5. The molecule has 0 amide bonds. The third kappa shape index (κ3) is 3.39. The lowest BCUT2D eigenvalue weighted by Crippen LogP contribution is -2.41. The van der Waals surface area contributed by atoms with Crippen LogP contribution in [0.3, 0.4) is 0 Å². The molecule has 1 aliphatic rings. The molecule has 1 saturated heterocycles. The van der Waals surface area contributed by atoms with Crippen LogP contribution >= 0.6 is 0 Å². The van der Waals surface area contributed by atoms with Gasteiger partial charge in [0.1, 0.15) is 11.5 Å². The molecule has 4 rings (SSSR count). The van der Waals surface area contributed by atoms with E-state index < -0.39 is 6.43 Å². The van der Waals surface area contributed by atoms with E-state index in [0.29, 0.717) is 29.1 Å². The largest absolute Gasteiger partial charge is 0.367 e. The molecule has 1 aliphatic heterocycles. The highest BCUT2D eigenvalue weighted by Gasteiger charge is 2.19. The van der Waals surface area contributed by atoms with Gasteiger partial charge in [-0.05, 0) is 50.6 Å². The zero-order chi connectivity index (χ0) is 18.1. The quantitative estimate of drug-likeness (QED) is 0.744. The Morgan fingerprint density at radius 3 is 2.96 bits per heavy atom. The summed E-state index contributed by atoms with van der Waals surface area (Å²) in [6.07, 6.45) is 2.67. The molecule has 4 heterocycles. The summed E-state index contributed by atoms with van der Waals surface area (Å²) in [7, 11) is 0. The van der Waals surface area contributed by atoms with Crippen molar-refractivity contribution in [2.45, 2.75) is 38.3 Å². The van der Waals surface area contributed by atoms with Gasteiger partial charge in [0.2, 0.25) is 0 Å². The third-order valence-electron chi connectivity index (χ3n) is 4.77. The molecule has 3 aromatic rings. The van der Waals surface area contributed by atoms with E-state index in [2.05, 4.69) is 27.5 Å². The number of halogens is 2. The Morgan fingerprint density at radius 1 is 1.27 bits per heavy atom. The molecule has 136 valence electrons. The smallest absolute Gasteiger partial charge is 0.265 e. The molecule has 0 spiro atoms. The molecule has 0 radical (unpaired) electrons. The first kappa shape index (κ1) is 16.9. The summed E-state index contributed by atoms with van der Waals surface area (Å²) in [4.78, 5) is 8.98. The van der Waals surface area contributed by atoms with E-state index in [1.54, 1.807) is 16.7 Å². The van der Waals surface area contributed by atoms with E-state index >= 15 is 0 Å². The second-order valence-electron chi connectivity index (χ2n) is 6.76. The van der Waals surface area contributed by atoms with Gasteiger partial charge in [-0.3, -0.25) is 4.40 Å². The van der Waals surface area contributed by atoms with E-state index in [1.165, 1.54) is 12.3 Å². The van der Waals surface area contributed by atoms with Gasteiger partial charge in [-0.2, -0.15) is 0 Å². The van der Waals surface area contributed by atoms with Crippen molar-refractivity contribution in [3.63, 3.8) is 0 Å². The highest BCUT2D eigenvalue weighted by Crippen LogP contribution is 2.25. The van der Waals surface area contributed by atoms with Gasteiger partial charge in [-0.25, -0.2) is 18.7 Å². The predicted octanol–water partition coefficient (Wildman–Crippen LogP) is 3.89. The number of rotatable bonds is 4. The van der Waals surface area contributed by atoms with Crippen LogP contribution in [0.2, 0.25) is 0 Å². The predicted molar refractivity (Wildman–Crippen MR) is 97.5 cm³/mol. The second-order valence-corrected chi connectivity index (χ2v) is 6.76. The van der Waals surface area contributed by atoms with Crippen LogP contribution in [0.5, 0.6) is 0 Å². The van der Waals surface area contributed by atoms with Crippen LogP contribution in [0.15, 0.2) is 42.7 Å². The van der Waals surface area contributed by atoms with Gasteiger partial charge >= 0.3 is 0 Å². The van der Waals surface area contributed by atoms with Gasteiger partial charge in [0.05, 0.1) is 17.6 Å². The minimum atomic E-state index is -2.52. The van der Waals surface area contributed by atoms with Gasteiger partial charge in [0, 0.05) is 23.8 Å². The Bertz CT molecular complexity index is 908. The van der Waals surface area contributed by atoms with Crippen LogP contribution in [0.4, 0.5) is 14.6 Å². The maximum absolute atomic E-state index is 13.0. The summed E-state index contributed by atoms with van der Waals surface area (Å²) in [6.45, 7) is 3.17. The number of hydrogen-bond acceptors (Lipinski definition) is 4. The van der Waals surface area contributed by atoms with Crippen LogP contribution in [0.1, 0.15) is 31.8 Å². The number of pyridine rings is 2. The number of nitrogens with zero attached hydrogens (tertiary/aromatic N) is 3. The van der Waals surface area contributed by atoms with Crippen molar-refractivity contribution >= 4 is 11.5 Å². The van der Waals surface area contributed by atoms with Gasteiger partial charge in [0.25, 0.3) is 6.43 Å². The maximum atomic E-state index is 13.0. The molecule has 0 saturated carbocycles. The van der Waals surface area contributed by atoms with Gasteiger partial charge in [0.15, 0.2) is 0 Å². The first-order chi connectivity index (χ1) is 12.6. The van der Waals surface area contributed by atoms with Gasteiger partial charge < -0.3 is 10.6 Å². The van der Waals surface area contributed by atoms with Gasteiger partial charge in [-0.1, -0.05) is 6.07 Å². The molecule has 2 N–H and O–H groups in total. The van der Waals surface area contributed by atoms with Gasteiger partial charge in [-0.15, -0.1) is 0 Å². The minimum absolute atomic E-state index is 0.0327. The fourth-order valence-corrected chi connectivity index (χ4v) is 3.45. The first-order valence-corrected chi connectivity index (χ1v) is 8.82. The van der Waals surface area contributed by atoms with Crippen LogP contribution in [0, 0.1) is 0 Å². The first-order valence-electron chi connectivity index (χ1n) is 8.82. The summed E-state index contributed by atoms with van der Waals surface area (Å²) in [5, 5.41) is 6.92. The van der Waals surface area contributed by atoms with Crippen LogP contribution in [0.25, 0.3) is 17.0 Å². The Balaban J connectivity index is 1.64. The number of hydrogen-bond donors (Lipinski definition) is 2. The number of aromatic nitrogens is 3. The average molecular weight is 357 g/mol. The van der Waals surface area contributed by atoms with Crippen molar-refractivity contribution in [1.82, 2.24) is 19.7 Å². The summed E-state index contributed by atoms with van der Waals surface area (Å²) in [6, 6.07) is 9.59. The number of alkyl halides is 2. The Labute approximate surface area is 150 Å². The normalized spacial score (nSPS) is 20.6. The topological polar surface area (TPSA) is 54.2 Å². The van der Waals surface area contributed by atoms with E-state index in [0.717, 1.165) is 25.2 Å². The van der Waals surface area contributed by atoms with Crippen molar-refractivity contribution in [3.8, 4) is 11.4 Å². The monoisotopic (exact) mass is 357 g/mol. The Hall–Kier alpha value is -2.54. The molecular weight excluding hydrogens is 336 g/mol. The average Bonchev–Trinajstić information content (AvgIpc) is 3.05. The molecule has 0 unspecified atom stereocenters. The summed E-state index contributed by atoms with van der Waals surface area (Å²) >= 11 is 0. The van der Waals surface area contributed by atoms with Crippen LogP contribution in [-0.2, 0) is 0 Å². The minimum Gasteiger partial charge on any atom is -0.367 e. The number of nitrogens with one attached hydrogen (secondary N) is 2. The molecule has 2 atom stereocenters. The maximum Gasteiger partial charge on any atom is 0.265 e. The lowest BCUT2D eigenvalue weighted by atomic mass is 10.0. The van der Waals surface area contributed by atoms with E-state index in [4.69, 9.17) is 0 Å². The third-order valence-corrected chi connectivity index (χ3v) is 4.77. The molecule has 0 aliphatic carbocycles. The summed E-state index contributed by atoms with van der Waals surface area (Å²) in [5.74, 6) is 0.793. The lowest BCUT2D eigenvalue weighted by molar-refractivity contribution is 0.151. The van der Waals surface area contributed by atoms with Crippen molar-refractivity contribution in [3.05, 3.63) is 48.3 Å². The Kier molecular flexibility index (Phi) is 4.55. The fourth-order valence-electron chi connectivity index (χ4n) is 3.45. The molecule has 5 nitrogen and oxygen atoms in total. The SMILES string of the molecule is C[C@@H]1C[C@H](Nc2cccc(-c3cnc4ccc(C(F)F)cn34)n2)CCN1. The van der Waals surface area contributed by atoms with Crippen LogP contribution < -0.4 is 10.6 Å². The van der Waals surface area contributed by atoms with E-state index in [1.807, 2.05) is 18.2 Å². The number of piperidine rings is 1. The lowest BCUT2D eigenvalue weighted by Gasteiger charge is -2.29. The highest BCUT2D eigenvalue weighted by molar-refractivity contribution is 5.62. The van der Waals surface area contributed by atoms with Crippen molar-refractivity contribution < 1.29 is 8.78 Å². The fraction of sp³-hybridized carbons (Fsp3) is 0.368. The molecule has 1 fully saturated rings. The van der Waals surface area contributed by atoms with E-state index in [9.17, 15) is 8.78 Å². The number of fused-ring (bicyclic) bond motifs is 1. The van der Waals surface area contributed by atoms with Crippen molar-refractivity contribution in [2.75, 3.05) is 11.9 Å².